The van der Waals surface area contributed by atoms with Crippen LogP contribution in [0.25, 0.3) is 0 Å². The number of hydrogen-bond donors (Lipinski definition) is 1. The molecule has 0 aliphatic rings. The Kier molecular flexibility index (Phi) is 3.17. The fourth-order valence-electron chi connectivity index (χ4n) is 1.46. The molecular weight excluding hydrogens is 184 g/mol. The van der Waals surface area contributed by atoms with Gasteiger partial charge in [0.15, 0.2) is 0 Å². The molecule has 0 spiro atoms. The lowest BCUT2D eigenvalue weighted by molar-refractivity contribution is 0.864. The first-order valence-electron chi connectivity index (χ1n) is 4.36. The number of rotatable bonds is 4. The molecule has 13 heavy (non-hydrogen) atoms. The third-order valence-corrected chi connectivity index (χ3v) is 2.61. The van der Waals surface area contributed by atoms with E-state index in [9.17, 15) is 4.79 Å². The molecule has 0 unspecified atom stereocenters. The molecule has 1 rings (SSSR count). The maximum atomic E-state index is 11.4. The molecule has 0 amide bonds. The van der Waals surface area contributed by atoms with Crippen molar-refractivity contribution in [1.29, 1.82) is 0 Å². The maximum Gasteiger partial charge on any atom is 0.220 e. The van der Waals surface area contributed by atoms with Crippen molar-refractivity contribution in [3.63, 3.8) is 0 Å². The SMILES string of the molecule is CCc1c(N(C)CCN)c(=O)c1=S. The molecule has 0 bridgehead atoms. The van der Waals surface area contributed by atoms with E-state index in [0.29, 0.717) is 17.6 Å². The molecule has 0 atom stereocenters. The van der Waals surface area contributed by atoms with Gasteiger partial charge in [0.2, 0.25) is 5.43 Å². The lowest BCUT2D eigenvalue weighted by atomic mass is 10.0. The Morgan fingerprint density at radius 3 is 2.62 bits per heavy atom. The van der Waals surface area contributed by atoms with E-state index in [0.717, 1.165) is 17.7 Å². The molecule has 0 heterocycles. The van der Waals surface area contributed by atoms with Crippen LogP contribution in [0.4, 0.5) is 5.69 Å². The predicted molar refractivity (Wildman–Crippen MR) is 57.6 cm³/mol. The van der Waals surface area contributed by atoms with Gasteiger partial charge in [0.25, 0.3) is 0 Å². The topological polar surface area (TPSA) is 46.3 Å². The second-order valence-corrected chi connectivity index (χ2v) is 3.46. The first-order chi connectivity index (χ1) is 6.13. The van der Waals surface area contributed by atoms with Gasteiger partial charge >= 0.3 is 0 Å². The fourth-order valence-corrected chi connectivity index (χ4v) is 1.80. The molecule has 0 saturated carbocycles. The van der Waals surface area contributed by atoms with Crippen LogP contribution in [0, 0.1) is 4.51 Å². The summed E-state index contributed by atoms with van der Waals surface area (Å²) in [6.45, 7) is 3.26. The zero-order valence-electron chi connectivity index (χ0n) is 7.96. The summed E-state index contributed by atoms with van der Waals surface area (Å²) < 4.78 is 0.501. The van der Waals surface area contributed by atoms with Gasteiger partial charge < -0.3 is 10.6 Å². The molecule has 0 aromatic heterocycles. The predicted octanol–water partition coefficient (Wildman–Crippen LogP) is 0.609. The Morgan fingerprint density at radius 1 is 1.54 bits per heavy atom. The van der Waals surface area contributed by atoms with Crippen LogP contribution in [-0.4, -0.2) is 20.1 Å². The van der Waals surface area contributed by atoms with Crippen molar-refractivity contribution in [2.45, 2.75) is 13.3 Å². The van der Waals surface area contributed by atoms with E-state index in [-0.39, 0.29) is 5.43 Å². The van der Waals surface area contributed by atoms with Gasteiger partial charge in [0.1, 0.15) is 0 Å². The molecule has 1 aromatic carbocycles. The molecule has 4 heteroatoms. The number of nitrogens with zero attached hydrogens (tertiary/aromatic N) is 1. The zero-order valence-corrected chi connectivity index (χ0v) is 8.78. The Morgan fingerprint density at radius 2 is 2.15 bits per heavy atom. The molecule has 1 aromatic rings. The highest BCUT2D eigenvalue weighted by Gasteiger charge is 2.18. The Bertz CT molecular complexity index is 365. The van der Waals surface area contributed by atoms with E-state index in [1.165, 1.54) is 0 Å². The average Bonchev–Trinajstić information content (AvgIpc) is 2.12. The smallest absolute Gasteiger partial charge is 0.220 e. The highest BCUT2D eigenvalue weighted by atomic mass is 32.1. The minimum Gasteiger partial charge on any atom is -0.370 e. The van der Waals surface area contributed by atoms with E-state index in [4.69, 9.17) is 18.0 Å². The van der Waals surface area contributed by atoms with E-state index in [1.807, 2.05) is 18.9 Å². The lowest BCUT2D eigenvalue weighted by Crippen LogP contribution is -2.33. The summed E-state index contributed by atoms with van der Waals surface area (Å²) in [5.74, 6) is 0. The van der Waals surface area contributed by atoms with Gasteiger partial charge in [-0.2, -0.15) is 0 Å². The van der Waals surface area contributed by atoms with Gasteiger partial charge in [-0.1, -0.05) is 19.1 Å². The van der Waals surface area contributed by atoms with Gasteiger partial charge in [0, 0.05) is 25.7 Å². The van der Waals surface area contributed by atoms with E-state index in [1.54, 1.807) is 0 Å². The monoisotopic (exact) mass is 198 g/mol. The van der Waals surface area contributed by atoms with Crippen molar-refractivity contribution in [2.75, 3.05) is 25.0 Å². The summed E-state index contributed by atoms with van der Waals surface area (Å²) in [6.07, 6.45) is 0.828. The summed E-state index contributed by atoms with van der Waals surface area (Å²) in [5, 5.41) is 0. The molecule has 2 N–H and O–H groups in total. The molecule has 72 valence electrons. The van der Waals surface area contributed by atoms with E-state index in [2.05, 4.69) is 0 Å². The summed E-state index contributed by atoms with van der Waals surface area (Å²) in [7, 11) is 1.87. The highest BCUT2D eigenvalue weighted by molar-refractivity contribution is 7.71. The molecule has 0 aliphatic carbocycles. The first kappa shape index (κ1) is 10.3. The summed E-state index contributed by atoms with van der Waals surface area (Å²) in [6, 6.07) is 0. The lowest BCUT2D eigenvalue weighted by Gasteiger charge is -2.22. The van der Waals surface area contributed by atoms with Crippen molar-refractivity contribution in [3.05, 3.63) is 20.3 Å². The van der Waals surface area contributed by atoms with Crippen LogP contribution < -0.4 is 16.1 Å². The Hall–Kier alpha value is -0.740. The van der Waals surface area contributed by atoms with Crippen molar-refractivity contribution >= 4 is 17.9 Å². The Balaban J connectivity index is 2.95. The average molecular weight is 198 g/mol. The summed E-state index contributed by atoms with van der Waals surface area (Å²) in [5.41, 5.74) is 7.18. The minimum absolute atomic E-state index is 0.00259. The molecule has 3 nitrogen and oxygen atoms in total. The number of nitrogens with two attached hydrogens (primary N) is 1. The second kappa shape index (κ2) is 3.98. The maximum absolute atomic E-state index is 11.4. The van der Waals surface area contributed by atoms with E-state index >= 15 is 0 Å². The minimum atomic E-state index is 0.00259. The van der Waals surface area contributed by atoms with Crippen LogP contribution in [0.5, 0.6) is 0 Å². The van der Waals surface area contributed by atoms with Gasteiger partial charge in [-0.05, 0) is 6.42 Å². The van der Waals surface area contributed by atoms with Crippen LogP contribution in [0.2, 0.25) is 0 Å². The molecular formula is C9H14N2OS. The van der Waals surface area contributed by atoms with Crippen LogP contribution in [0.1, 0.15) is 12.5 Å². The third kappa shape index (κ3) is 1.64. The normalized spacial score (nSPS) is 10.7. The summed E-state index contributed by atoms with van der Waals surface area (Å²) in [4.78, 5) is 13.3. The van der Waals surface area contributed by atoms with Crippen molar-refractivity contribution < 1.29 is 0 Å². The van der Waals surface area contributed by atoms with Gasteiger partial charge in [-0.25, -0.2) is 0 Å². The van der Waals surface area contributed by atoms with E-state index < -0.39 is 0 Å². The fraction of sp³-hybridized carbons (Fsp3) is 0.556. The van der Waals surface area contributed by atoms with Crippen LogP contribution in [0.15, 0.2) is 4.79 Å². The van der Waals surface area contributed by atoms with Crippen molar-refractivity contribution in [2.24, 2.45) is 5.73 Å². The highest BCUT2D eigenvalue weighted by Crippen LogP contribution is 2.19. The molecule has 0 saturated heterocycles. The Labute approximate surface area is 82.9 Å². The third-order valence-electron chi connectivity index (χ3n) is 2.18. The van der Waals surface area contributed by atoms with Crippen molar-refractivity contribution in [3.8, 4) is 0 Å². The summed E-state index contributed by atoms with van der Waals surface area (Å²) >= 11 is 4.94. The van der Waals surface area contributed by atoms with Gasteiger partial charge in [0.05, 0.1) is 10.2 Å². The molecule has 0 radical (unpaired) electrons. The standard InChI is InChI=1S/C9H14N2OS/c1-3-6-7(8(12)9(6)13)11(2)5-4-10/h3-5,10H2,1-2H3. The first-order valence-corrected chi connectivity index (χ1v) is 4.77. The molecule has 0 aliphatic heterocycles. The number of anilines is 1. The number of hydrogen-bond acceptors (Lipinski definition) is 4. The largest absolute Gasteiger partial charge is 0.370 e. The van der Waals surface area contributed by atoms with Crippen LogP contribution >= 0.6 is 12.2 Å². The van der Waals surface area contributed by atoms with Gasteiger partial charge in [-0.15, -0.1) is 0 Å². The second-order valence-electron chi connectivity index (χ2n) is 3.05. The van der Waals surface area contributed by atoms with Crippen LogP contribution in [-0.2, 0) is 6.42 Å². The van der Waals surface area contributed by atoms with Gasteiger partial charge in [-0.3, -0.25) is 4.79 Å². The number of likely N-dealkylation sites (N-methyl/N-ethyl adjacent to an activating group) is 1. The quantitative estimate of drug-likeness (QED) is 0.720. The van der Waals surface area contributed by atoms with Crippen molar-refractivity contribution in [1.82, 2.24) is 0 Å². The van der Waals surface area contributed by atoms with Crippen LogP contribution in [0.3, 0.4) is 0 Å². The zero-order chi connectivity index (χ0) is 10.0. The molecule has 0 fully saturated rings.